The van der Waals surface area contributed by atoms with Gasteiger partial charge in [-0.15, -0.1) is 0 Å². The molecule has 0 aliphatic rings. The summed E-state index contributed by atoms with van der Waals surface area (Å²) in [5.74, 6) is 1.33. The lowest BCUT2D eigenvalue weighted by molar-refractivity contribution is 0.493. The maximum Gasteiger partial charge on any atom is 0.139 e. The van der Waals surface area contributed by atoms with E-state index in [1.165, 1.54) is 11.5 Å². The van der Waals surface area contributed by atoms with Crippen molar-refractivity contribution >= 4 is 11.5 Å². The summed E-state index contributed by atoms with van der Waals surface area (Å²) in [6.45, 7) is 9.43. The summed E-state index contributed by atoms with van der Waals surface area (Å²) in [4.78, 5) is 4.38. The molecule has 0 aliphatic heterocycles. The zero-order valence-corrected chi connectivity index (χ0v) is 9.48. The van der Waals surface area contributed by atoms with Crippen molar-refractivity contribution in [1.82, 2.24) is 14.7 Å². The molecule has 1 aromatic heterocycles. The van der Waals surface area contributed by atoms with E-state index in [1.54, 1.807) is 0 Å². The molecule has 0 aromatic carbocycles. The average molecular weight is 199 g/mol. The first kappa shape index (κ1) is 10.6. The molecule has 0 aliphatic carbocycles. The van der Waals surface area contributed by atoms with Gasteiger partial charge >= 0.3 is 0 Å². The number of likely N-dealkylation sites (N-methyl/N-ethyl adjacent to an activating group) is 1. The lowest BCUT2D eigenvalue weighted by Crippen LogP contribution is -2.30. The largest absolute Gasteiger partial charge is 0.314 e. The lowest BCUT2D eigenvalue weighted by atomic mass is 10.1. The number of nitrogens with one attached hydrogen (secondary N) is 1. The minimum atomic E-state index is 0.450. The second kappa shape index (κ2) is 4.67. The fourth-order valence-electron chi connectivity index (χ4n) is 1.21. The highest BCUT2D eigenvalue weighted by Crippen LogP contribution is 2.20. The highest BCUT2D eigenvalue weighted by molar-refractivity contribution is 7.05. The van der Waals surface area contributed by atoms with Crippen molar-refractivity contribution in [2.75, 3.05) is 6.54 Å². The fourth-order valence-corrected chi connectivity index (χ4v) is 2.02. The van der Waals surface area contributed by atoms with E-state index in [4.69, 9.17) is 0 Å². The van der Waals surface area contributed by atoms with Crippen LogP contribution in [-0.2, 0) is 0 Å². The third kappa shape index (κ3) is 2.74. The van der Waals surface area contributed by atoms with Gasteiger partial charge in [-0.05, 0) is 31.9 Å². The second-order valence-electron chi connectivity index (χ2n) is 3.31. The van der Waals surface area contributed by atoms with Gasteiger partial charge in [-0.25, -0.2) is 4.98 Å². The molecule has 1 rings (SSSR count). The van der Waals surface area contributed by atoms with Gasteiger partial charge < -0.3 is 5.32 Å². The normalized spacial score (nSPS) is 15.7. The monoisotopic (exact) mass is 199 g/mol. The van der Waals surface area contributed by atoms with Gasteiger partial charge in [0, 0.05) is 12.0 Å². The van der Waals surface area contributed by atoms with E-state index in [0.29, 0.717) is 12.0 Å². The van der Waals surface area contributed by atoms with E-state index < -0.39 is 0 Å². The number of hydrogen-bond donors (Lipinski definition) is 1. The maximum absolute atomic E-state index is 4.38. The van der Waals surface area contributed by atoms with E-state index in [2.05, 4.69) is 35.4 Å². The first-order valence-electron chi connectivity index (χ1n) is 4.68. The molecule has 3 nitrogen and oxygen atoms in total. The average Bonchev–Trinajstić information content (AvgIpc) is 2.51. The van der Waals surface area contributed by atoms with Gasteiger partial charge in [0.1, 0.15) is 10.8 Å². The topological polar surface area (TPSA) is 37.8 Å². The smallest absolute Gasteiger partial charge is 0.139 e. The number of nitrogens with zero attached hydrogens (tertiary/aromatic N) is 2. The molecule has 2 atom stereocenters. The highest BCUT2D eigenvalue weighted by atomic mass is 32.1. The Kier molecular flexibility index (Phi) is 3.81. The molecule has 0 saturated carbocycles. The predicted molar refractivity (Wildman–Crippen MR) is 56.2 cm³/mol. The Morgan fingerprint density at radius 1 is 1.46 bits per heavy atom. The maximum atomic E-state index is 4.38. The van der Waals surface area contributed by atoms with Crippen LogP contribution >= 0.6 is 11.5 Å². The number of aryl methyl sites for hydroxylation is 1. The Labute approximate surface area is 83.8 Å². The first-order chi connectivity index (χ1) is 6.15. The molecular formula is C9H17N3S. The first-order valence-corrected chi connectivity index (χ1v) is 5.46. The summed E-state index contributed by atoms with van der Waals surface area (Å²) < 4.78 is 4.18. The molecular weight excluding hydrogens is 182 g/mol. The fraction of sp³-hybridized carbons (Fsp3) is 0.778. The lowest BCUT2D eigenvalue weighted by Gasteiger charge is -2.17. The predicted octanol–water partition coefficient (Wildman–Crippen LogP) is 1.95. The van der Waals surface area contributed by atoms with Crippen LogP contribution in [0.3, 0.4) is 0 Å². The van der Waals surface area contributed by atoms with E-state index in [-0.39, 0.29) is 0 Å². The number of aromatic nitrogens is 2. The van der Waals surface area contributed by atoms with Crippen molar-refractivity contribution in [2.45, 2.75) is 39.7 Å². The summed E-state index contributed by atoms with van der Waals surface area (Å²) in [6.07, 6.45) is 0. The summed E-state index contributed by atoms with van der Waals surface area (Å²) in [5, 5.41) is 4.52. The van der Waals surface area contributed by atoms with E-state index >= 15 is 0 Å². The highest BCUT2D eigenvalue weighted by Gasteiger charge is 2.16. The van der Waals surface area contributed by atoms with Crippen molar-refractivity contribution in [3.05, 3.63) is 10.8 Å². The van der Waals surface area contributed by atoms with Crippen LogP contribution in [0.25, 0.3) is 0 Å². The standard InChI is InChI=1S/C9H17N3S/c1-5-10-7(3)6(2)9-11-8(4)12-13-9/h6-7,10H,5H2,1-4H3. The molecule has 0 spiro atoms. The van der Waals surface area contributed by atoms with Crippen molar-refractivity contribution in [2.24, 2.45) is 0 Å². The molecule has 1 N–H and O–H groups in total. The minimum absolute atomic E-state index is 0.450. The van der Waals surface area contributed by atoms with Crippen LogP contribution in [0.4, 0.5) is 0 Å². The van der Waals surface area contributed by atoms with Crippen LogP contribution in [0.5, 0.6) is 0 Å². The molecule has 1 heterocycles. The molecule has 0 amide bonds. The van der Waals surface area contributed by atoms with Crippen LogP contribution in [0, 0.1) is 6.92 Å². The zero-order chi connectivity index (χ0) is 9.84. The quantitative estimate of drug-likeness (QED) is 0.805. The molecule has 0 radical (unpaired) electrons. The van der Waals surface area contributed by atoms with Gasteiger partial charge in [0.15, 0.2) is 0 Å². The van der Waals surface area contributed by atoms with Gasteiger partial charge in [-0.1, -0.05) is 13.8 Å². The molecule has 0 saturated heterocycles. The van der Waals surface area contributed by atoms with Crippen LogP contribution in [-0.4, -0.2) is 21.9 Å². The van der Waals surface area contributed by atoms with E-state index in [9.17, 15) is 0 Å². The molecule has 4 heteroatoms. The van der Waals surface area contributed by atoms with Gasteiger partial charge in [0.25, 0.3) is 0 Å². The van der Waals surface area contributed by atoms with Crippen LogP contribution in [0.1, 0.15) is 37.5 Å². The van der Waals surface area contributed by atoms with Gasteiger partial charge in [-0.3, -0.25) is 0 Å². The van der Waals surface area contributed by atoms with Crippen molar-refractivity contribution in [3.63, 3.8) is 0 Å². The molecule has 13 heavy (non-hydrogen) atoms. The summed E-state index contributed by atoms with van der Waals surface area (Å²) >= 11 is 1.51. The van der Waals surface area contributed by atoms with Gasteiger partial charge in [0.2, 0.25) is 0 Å². The summed E-state index contributed by atoms with van der Waals surface area (Å²) in [5.41, 5.74) is 0. The van der Waals surface area contributed by atoms with Crippen molar-refractivity contribution < 1.29 is 0 Å². The third-order valence-corrected chi connectivity index (χ3v) is 3.21. The number of rotatable bonds is 4. The Morgan fingerprint density at radius 2 is 2.15 bits per heavy atom. The Morgan fingerprint density at radius 3 is 2.62 bits per heavy atom. The summed E-state index contributed by atoms with van der Waals surface area (Å²) in [7, 11) is 0. The molecule has 0 bridgehead atoms. The van der Waals surface area contributed by atoms with Gasteiger partial charge in [0.05, 0.1) is 0 Å². The Hall–Kier alpha value is -0.480. The SMILES string of the molecule is CCNC(C)C(C)c1nc(C)ns1. The van der Waals surface area contributed by atoms with Crippen molar-refractivity contribution in [3.8, 4) is 0 Å². The zero-order valence-electron chi connectivity index (χ0n) is 8.66. The molecule has 74 valence electrons. The Bertz CT molecular complexity index is 259. The van der Waals surface area contributed by atoms with E-state index in [0.717, 1.165) is 17.4 Å². The molecule has 0 fully saturated rings. The third-order valence-electron chi connectivity index (χ3n) is 2.21. The second-order valence-corrected chi connectivity index (χ2v) is 4.10. The van der Waals surface area contributed by atoms with Gasteiger partial charge in [-0.2, -0.15) is 4.37 Å². The molecule has 1 aromatic rings. The van der Waals surface area contributed by atoms with Crippen LogP contribution in [0.15, 0.2) is 0 Å². The van der Waals surface area contributed by atoms with Crippen LogP contribution in [0.2, 0.25) is 0 Å². The van der Waals surface area contributed by atoms with E-state index in [1.807, 2.05) is 6.92 Å². The Balaban J connectivity index is 2.61. The minimum Gasteiger partial charge on any atom is -0.314 e. The van der Waals surface area contributed by atoms with Crippen molar-refractivity contribution in [1.29, 1.82) is 0 Å². The number of hydrogen-bond acceptors (Lipinski definition) is 4. The van der Waals surface area contributed by atoms with Crippen LogP contribution < -0.4 is 5.32 Å². The molecule has 2 unspecified atom stereocenters. The summed E-state index contributed by atoms with van der Waals surface area (Å²) in [6, 6.07) is 0.470.